The molecule has 1 aliphatic carbocycles. The van der Waals surface area contributed by atoms with Gasteiger partial charge in [-0.25, -0.2) is 0 Å². The Hall–Kier alpha value is -0.830. The van der Waals surface area contributed by atoms with Crippen LogP contribution < -0.4 is 5.73 Å². The van der Waals surface area contributed by atoms with Crippen LogP contribution in [0.2, 0.25) is 0 Å². The highest BCUT2D eigenvalue weighted by molar-refractivity contribution is 5.10. The maximum atomic E-state index is 5.59. The van der Waals surface area contributed by atoms with Crippen LogP contribution in [-0.4, -0.2) is 16.3 Å². The molecule has 1 aromatic rings. The largest absolute Gasteiger partial charge is 0.330 e. The lowest BCUT2D eigenvalue weighted by molar-refractivity contribution is 0.329. The Labute approximate surface area is 98.0 Å². The number of nitrogens with two attached hydrogens (primary N) is 1. The molecule has 1 aromatic heterocycles. The van der Waals surface area contributed by atoms with Gasteiger partial charge in [-0.2, -0.15) is 5.10 Å². The fourth-order valence-corrected chi connectivity index (χ4v) is 2.57. The van der Waals surface area contributed by atoms with Crippen molar-refractivity contribution < 1.29 is 0 Å². The van der Waals surface area contributed by atoms with E-state index in [9.17, 15) is 0 Å². The molecule has 2 rings (SSSR count). The van der Waals surface area contributed by atoms with Gasteiger partial charge in [0.25, 0.3) is 0 Å². The minimum atomic E-state index is 0.544. The summed E-state index contributed by atoms with van der Waals surface area (Å²) in [6.45, 7) is 2.99. The second kappa shape index (κ2) is 5.48. The predicted octanol–water partition coefficient (Wildman–Crippen LogP) is 2.84. The molecule has 0 spiro atoms. The number of nitrogens with zero attached hydrogens (tertiary/aromatic N) is 2. The van der Waals surface area contributed by atoms with E-state index in [1.165, 1.54) is 37.7 Å². The maximum Gasteiger partial charge on any atom is 0.0524 e. The summed E-state index contributed by atoms with van der Waals surface area (Å²) in [7, 11) is 0. The Morgan fingerprint density at radius 2 is 2.19 bits per heavy atom. The van der Waals surface area contributed by atoms with E-state index in [0.29, 0.717) is 12.0 Å². The molecule has 0 saturated heterocycles. The van der Waals surface area contributed by atoms with E-state index in [4.69, 9.17) is 5.73 Å². The van der Waals surface area contributed by atoms with Crippen LogP contribution >= 0.6 is 0 Å². The molecule has 0 amide bonds. The van der Waals surface area contributed by atoms with Crippen molar-refractivity contribution in [3.63, 3.8) is 0 Å². The SMILES string of the molecule is CC(CCN)c1cnn(C2CCCCC2)c1. The Morgan fingerprint density at radius 3 is 2.88 bits per heavy atom. The Morgan fingerprint density at radius 1 is 1.44 bits per heavy atom. The van der Waals surface area contributed by atoms with Crippen molar-refractivity contribution in [2.45, 2.75) is 57.4 Å². The highest BCUT2D eigenvalue weighted by Gasteiger charge is 2.17. The fraction of sp³-hybridized carbons (Fsp3) is 0.769. The smallest absolute Gasteiger partial charge is 0.0524 e. The molecular weight excluding hydrogens is 198 g/mol. The lowest BCUT2D eigenvalue weighted by Crippen LogP contribution is -2.13. The van der Waals surface area contributed by atoms with Gasteiger partial charge in [-0.05, 0) is 37.3 Å². The van der Waals surface area contributed by atoms with E-state index in [2.05, 4.69) is 22.9 Å². The Balaban J connectivity index is 2.00. The number of hydrogen-bond donors (Lipinski definition) is 1. The molecule has 0 radical (unpaired) electrons. The van der Waals surface area contributed by atoms with E-state index < -0.39 is 0 Å². The predicted molar refractivity (Wildman–Crippen MR) is 66.4 cm³/mol. The van der Waals surface area contributed by atoms with E-state index in [-0.39, 0.29) is 0 Å². The zero-order valence-corrected chi connectivity index (χ0v) is 10.2. The standard InChI is InChI=1S/C13H23N3/c1-11(7-8-14)12-9-15-16(10-12)13-5-3-2-4-6-13/h9-11,13H,2-8,14H2,1H3. The molecule has 1 atom stereocenters. The Bertz CT molecular complexity index is 313. The third-order valence-corrected chi connectivity index (χ3v) is 3.74. The van der Waals surface area contributed by atoms with Crippen molar-refractivity contribution in [1.29, 1.82) is 0 Å². The van der Waals surface area contributed by atoms with Crippen LogP contribution in [-0.2, 0) is 0 Å². The van der Waals surface area contributed by atoms with Crippen molar-refractivity contribution >= 4 is 0 Å². The van der Waals surface area contributed by atoms with Crippen molar-refractivity contribution in [1.82, 2.24) is 9.78 Å². The molecule has 2 N–H and O–H groups in total. The molecule has 90 valence electrons. The average Bonchev–Trinajstić information content (AvgIpc) is 2.80. The van der Waals surface area contributed by atoms with Gasteiger partial charge in [0.1, 0.15) is 0 Å². The first-order valence-corrected chi connectivity index (χ1v) is 6.55. The summed E-state index contributed by atoms with van der Waals surface area (Å²) in [6, 6.07) is 0.646. The molecule has 0 aromatic carbocycles. The maximum absolute atomic E-state index is 5.59. The molecule has 1 saturated carbocycles. The summed E-state index contributed by atoms with van der Waals surface area (Å²) in [5, 5.41) is 4.52. The Kier molecular flexibility index (Phi) is 3.99. The van der Waals surface area contributed by atoms with E-state index in [1.807, 2.05) is 6.20 Å². The molecule has 0 aliphatic heterocycles. The summed E-state index contributed by atoms with van der Waals surface area (Å²) < 4.78 is 2.18. The van der Waals surface area contributed by atoms with Crippen LogP contribution in [0.1, 0.15) is 63.0 Å². The first kappa shape index (κ1) is 11.6. The molecule has 16 heavy (non-hydrogen) atoms. The normalized spacial score (nSPS) is 19.9. The van der Waals surface area contributed by atoms with Gasteiger partial charge in [-0.15, -0.1) is 0 Å². The minimum Gasteiger partial charge on any atom is -0.330 e. The van der Waals surface area contributed by atoms with Crippen LogP contribution in [0.15, 0.2) is 12.4 Å². The van der Waals surface area contributed by atoms with Gasteiger partial charge in [-0.1, -0.05) is 26.2 Å². The van der Waals surface area contributed by atoms with E-state index >= 15 is 0 Å². The summed E-state index contributed by atoms with van der Waals surface area (Å²) in [5.41, 5.74) is 6.93. The number of rotatable bonds is 4. The highest BCUT2D eigenvalue weighted by atomic mass is 15.3. The van der Waals surface area contributed by atoms with Crippen LogP contribution in [0.5, 0.6) is 0 Å². The molecule has 1 heterocycles. The average molecular weight is 221 g/mol. The molecule has 1 unspecified atom stereocenters. The summed E-state index contributed by atoms with van der Waals surface area (Å²) in [4.78, 5) is 0. The lowest BCUT2D eigenvalue weighted by atomic mass is 9.95. The summed E-state index contributed by atoms with van der Waals surface area (Å²) in [5.74, 6) is 0.544. The van der Waals surface area contributed by atoms with Gasteiger partial charge in [0, 0.05) is 6.20 Å². The third-order valence-electron chi connectivity index (χ3n) is 3.74. The second-order valence-corrected chi connectivity index (χ2v) is 5.02. The number of aromatic nitrogens is 2. The van der Waals surface area contributed by atoms with Gasteiger partial charge in [0.2, 0.25) is 0 Å². The minimum absolute atomic E-state index is 0.544. The quantitative estimate of drug-likeness (QED) is 0.849. The van der Waals surface area contributed by atoms with Crippen molar-refractivity contribution in [3.05, 3.63) is 18.0 Å². The van der Waals surface area contributed by atoms with Gasteiger partial charge < -0.3 is 5.73 Å². The summed E-state index contributed by atoms with van der Waals surface area (Å²) in [6.07, 6.45) is 12.0. The number of hydrogen-bond acceptors (Lipinski definition) is 2. The lowest BCUT2D eigenvalue weighted by Gasteiger charge is -2.21. The van der Waals surface area contributed by atoms with Crippen molar-refractivity contribution in [2.24, 2.45) is 5.73 Å². The second-order valence-electron chi connectivity index (χ2n) is 5.02. The van der Waals surface area contributed by atoms with Crippen LogP contribution in [0.4, 0.5) is 0 Å². The van der Waals surface area contributed by atoms with Crippen LogP contribution in [0, 0.1) is 0 Å². The molecular formula is C13H23N3. The van der Waals surface area contributed by atoms with E-state index in [0.717, 1.165) is 13.0 Å². The molecule has 1 fully saturated rings. The topological polar surface area (TPSA) is 43.8 Å². The third kappa shape index (κ3) is 2.64. The van der Waals surface area contributed by atoms with Crippen LogP contribution in [0.3, 0.4) is 0 Å². The van der Waals surface area contributed by atoms with Crippen molar-refractivity contribution in [2.75, 3.05) is 6.54 Å². The van der Waals surface area contributed by atoms with Gasteiger partial charge in [0.05, 0.1) is 12.2 Å². The van der Waals surface area contributed by atoms with Gasteiger partial charge in [-0.3, -0.25) is 4.68 Å². The molecule has 3 nitrogen and oxygen atoms in total. The molecule has 3 heteroatoms. The van der Waals surface area contributed by atoms with Crippen LogP contribution in [0.25, 0.3) is 0 Å². The summed E-state index contributed by atoms with van der Waals surface area (Å²) >= 11 is 0. The first-order chi connectivity index (χ1) is 7.81. The van der Waals surface area contributed by atoms with Gasteiger partial charge in [0.15, 0.2) is 0 Å². The molecule has 0 bridgehead atoms. The van der Waals surface area contributed by atoms with Crippen molar-refractivity contribution in [3.8, 4) is 0 Å². The fourth-order valence-electron chi connectivity index (χ4n) is 2.57. The zero-order chi connectivity index (χ0) is 11.4. The monoisotopic (exact) mass is 221 g/mol. The first-order valence-electron chi connectivity index (χ1n) is 6.55. The molecule has 1 aliphatic rings. The zero-order valence-electron chi connectivity index (χ0n) is 10.2. The highest BCUT2D eigenvalue weighted by Crippen LogP contribution is 2.28. The van der Waals surface area contributed by atoms with E-state index in [1.54, 1.807) is 0 Å². The van der Waals surface area contributed by atoms with Gasteiger partial charge >= 0.3 is 0 Å².